The van der Waals surface area contributed by atoms with Crippen molar-refractivity contribution in [2.24, 2.45) is 0 Å². The first-order valence-electron chi connectivity index (χ1n) is 21.0. The van der Waals surface area contributed by atoms with Crippen LogP contribution in [0.15, 0.2) is 130 Å². The molecule has 0 saturated heterocycles. The van der Waals surface area contributed by atoms with Crippen molar-refractivity contribution < 1.29 is 8.83 Å². The molecule has 0 unspecified atom stereocenters. The standard InChI is InChI=1S/C53H39BN2O2S/c1-28-25-35-36(53(4,5)24-23-52(35,2)3)26-38(28)55-37-22-21-30-29-13-6-9-18-40(29)58-50(30)47(37)54-46-39(55)27-42-44(31-14-7-10-19-41(31)57-42)45(46)33-16-12-17-34-48(33)56(54)49-32-15-8-11-20-43(32)59-51(34)49/h6-22,25-27H,23-24H2,1-5H3. The highest BCUT2D eigenvalue weighted by Crippen LogP contribution is 2.54. The summed E-state index contributed by atoms with van der Waals surface area (Å²) >= 11 is 1.91. The molecule has 0 fully saturated rings. The molecule has 7 aromatic carbocycles. The van der Waals surface area contributed by atoms with E-state index in [1.807, 2.05) is 11.3 Å². The average molecular weight is 779 g/mol. The third-order valence-corrected chi connectivity index (χ3v) is 15.7. The minimum absolute atomic E-state index is 0.0422. The van der Waals surface area contributed by atoms with E-state index in [9.17, 15) is 0 Å². The molecule has 4 aromatic heterocycles. The zero-order valence-electron chi connectivity index (χ0n) is 33.7. The van der Waals surface area contributed by atoms with Gasteiger partial charge in [0.25, 0.3) is 0 Å². The van der Waals surface area contributed by atoms with Crippen molar-refractivity contribution in [2.45, 2.75) is 58.3 Å². The van der Waals surface area contributed by atoms with Crippen LogP contribution in [0, 0.1) is 6.92 Å². The Labute approximate surface area is 345 Å². The van der Waals surface area contributed by atoms with E-state index in [0.29, 0.717) is 0 Å². The zero-order chi connectivity index (χ0) is 39.3. The monoisotopic (exact) mass is 778 g/mol. The minimum atomic E-state index is -0.171. The number of hydrogen-bond donors (Lipinski definition) is 0. The van der Waals surface area contributed by atoms with Crippen molar-refractivity contribution in [3.8, 4) is 11.1 Å². The Balaban J connectivity index is 1.22. The van der Waals surface area contributed by atoms with E-state index in [-0.39, 0.29) is 17.7 Å². The van der Waals surface area contributed by atoms with Crippen LogP contribution in [0.4, 0.5) is 17.1 Å². The van der Waals surface area contributed by atoms with Gasteiger partial charge in [0, 0.05) is 76.7 Å². The van der Waals surface area contributed by atoms with Crippen LogP contribution in [0.25, 0.3) is 86.2 Å². The van der Waals surface area contributed by atoms with Crippen LogP contribution in [-0.4, -0.2) is 11.3 Å². The molecule has 6 heteroatoms. The van der Waals surface area contributed by atoms with Gasteiger partial charge in [0.2, 0.25) is 0 Å². The maximum Gasteiger partial charge on any atom is 0.337 e. The lowest BCUT2D eigenvalue weighted by atomic mass is 9.44. The van der Waals surface area contributed by atoms with Crippen LogP contribution in [0.2, 0.25) is 0 Å². The number of hydrogen-bond acceptors (Lipinski definition) is 4. The van der Waals surface area contributed by atoms with Gasteiger partial charge in [0.15, 0.2) is 0 Å². The Hall–Kier alpha value is -6.24. The Bertz CT molecular complexity index is 3720. The van der Waals surface area contributed by atoms with E-state index in [2.05, 4.69) is 165 Å². The van der Waals surface area contributed by atoms with Crippen molar-refractivity contribution in [3.05, 3.63) is 138 Å². The number of rotatable bonds is 1. The summed E-state index contributed by atoms with van der Waals surface area (Å²) < 4.78 is 19.4. The fourth-order valence-electron chi connectivity index (χ4n) is 11.6. The van der Waals surface area contributed by atoms with Gasteiger partial charge in [-0.3, -0.25) is 0 Å². The van der Waals surface area contributed by atoms with Crippen LogP contribution >= 0.6 is 11.3 Å². The van der Waals surface area contributed by atoms with Gasteiger partial charge in [-0.25, -0.2) is 0 Å². The second-order valence-electron chi connectivity index (χ2n) is 18.7. The van der Waals surface area contributed by atoms with E-state index in [0.717, 1.165) is 50.6 Å². The number of furan rings is 2. The maximum atomic E-state index is 7.16. The number of fused-ring (bicyclic) bond motifs is 18. The molecule has 0 bridgehead atoms. The molecule has 0 spiro atoms. The molecule has 59 heavy (non-hydrogen) atoms. The van der Waals surface area contributed by atoms with Crippen LogP contribution in [0.3, 0.4) is 0 Å². The van der Waals surface area contributed by atoms with Crippen LogP contribution in [-0.2, 0) is 10.8 Å². The second-order valence-corrected chi connectivity index (χ2v) is 19.7. The van der Waals surface area contributed by atoms with E-state index in [1.165, 1.54) is 93.1 Å². The van der Waals surface area contributed by atoms with Crippen LogP contribution in [0.5, 0.6) is 0 Å². The summed E-state index contributed by atoms with van der Waals surface area (Å²) in [7, 11) is 0. The quantitative estimate of drug-likeness (QED) is 0.156. The molecule has 14 rings (SSSR count). The lowest BCUT2D eigenvalue weighted by Crippen LogP contribution is -2.57. The highest BCUT2D eigenvalue weighted by molar-refractivity contribution is 7.27. The molecular formula is C53H39BN2O2S. The smallest absolute Gasteiger partial charge is 0.337 e. The molecule has 0 saturated carbocycles. The predicted octanol–water partition coefficient (Wildman–Crippen LogP) is 13.9. The minimum Gasteiger partial charge on any atom is -0.456 e. The molecule has 2 aliphatic heterocycles. The summed E-state index contributed by atoms with van der Waals surface area (Å²) in [6.45, 7) is 11.9. The fourth-order valence-corrected chi connectivity index (χ4v) is 12.9. The van der Waals surface area contributed by atoms with Gasteiger partial charge in [-0.15, -0.1) is 11.3 Å². The second kappa shape index (κ2) is 10.7. The molecule has 0 radical (unpaired) electrons. The van der Waals surface area contributed by atoms with Gasteiger partial charge in [-0.05, 0) is 94.7 Å². The van der Waals surface area contributed by atoms with E-state index >= 15 is 0 Å². The Kier molecular flexibility index (Phi) is 5.92. The van der Waals surface area contributed by atoms with E-state index < -0.39 is 0 Å². The van der Waals surface area contributed by atoms with Crippen molar-refractivity contribution in [1.82, 2.24) is 4.48 Å². The molecule has 1 aliphatic carbocycles. The number of anilines is 3. The molecule has 4 nitrogen and oxygen atoms in total. The Morgan fingerprint density at radius 2 is 1.27 bits per heavy atom. The highest BCUT2D eigenvalue weighted by Gasteiger charge is 2.47. The third kappa shape index (κ3) is 3.92. The summed E-state index contributed by atoms with van der Waals surface area (Å²) in [6, 6.07) is 45.2. The SMILES string of the molecule is Cc1cc2c(cc1N1c3cc4oc5ccccc5c4c4c3B(c3c1ccc1c3oc3ccccc31)n1c3c-4cccc3c3sc4ccccc4c31)C(C)(C)CCC2(C)C. The number of aryl methyl sites for hydroxylation is 1. The number of aromatic nitrogens is 1. The van der Waals surface area contributed by atoms with Crippen LogP contribution < -0.4 is 15.8 Å². The van der Waals surface area contributed by atoms with Crippen molar-refractivity contribution in [3.63, 3.8) is 0 Å². The number of thiophene rings is 1. The Morgan fingerprint density at radius 1 is 0.576 bits per heavy atom. The van der Waals surface area contributed by atoms with Crippen molar-refractivity contribution in [1.29, 1.82) is 0 Å². The van der Waals surface area contributed by atoms with Gasteiger partial charge < -0.3 is 18.2 Å². The average Bonchev–Trinajstić information content (AvgIpc) is 4.00. The first kappa shape index (κ1) is 32.7. The Morgan fingerprint density at radius 3 is 2.08 bits per heavy atom. The van der Waals surface area contributed by atoms with E-state index in [1.54, 1.807) is 0 Å². The first-order valence-corrected chi connectivity index (χ1v) is 21.8. The molecule has 0 N–H and O–H groups in total. The summed E-state index contributed by atoms with van der Waals surface area (Å²) in [5.74, 6) is 0. The van der Waals surface area contributed by atoms with Crippen molar-refractivity contribution >= 4 is 121 Å². The summed E-state index contributed by atoms with van der Waals surface area (Å²) in [6.07, 6.45) is 2.33. The number of nitrogens with zero attached hydrogens (tertiary/aromatic N) is 2. The fraction of sp³-hybridized carbons (Fsp3) is 0.170. The molecule has 11 aromatic rings. The predicted molar refractivity (Wildman–Crippen MR) is 250 cm³/mol. The van der Waals surface area contributed by atoms with Gasteiger partial charge in [0.1, 0.15) is 22.3 Å². The summed E-state index contributed by atoms with van der Waals surface area (Å²) in [4.78, 5) is 2.58. The molecule has 3 aliphatic rings. The molecule has 6 heterocycles. The lowest BCUT2D eigenvalue weighted by Gasteiger charge is -2.44. The molecule has 0 atom stereocenters. The van der Waals surface area contributed by atoms with E-state index in [4.69, 9.17) is 8.83 Å². The van der Waals surface area contributed by atoms with Crippen molar-refractivity contribution in [2.75, 3.05) is 4.90 Å². The van der Waals surface area contributed by atoms with Gasteiger partial charge >= 0.3 is 6.85 Å². The normalized spacial score (nSPS) is 16.3. The van der Waals surface area contributed by atoms with Gasteiger partial charge in [-0.2, -0.15) is 0 Å². The lowest BCUT2D eigenvalue weighted by molar-refractivity contribution is 0.332. The molecule has 0 amide bonds. The van der Waals surface area contributed by atoms with Gasteiger partial charge in [0.05, 0.1) is 10.2 Å². The highest BCUT2D eigenvalue weighted by atomic mass is 32.1. The maximum absolute atomic E-state index is 7.16. The third-order valence-electron chi connectivity index (χ3n) is 14.5. The largest absolute Gasteiger partial charge is 0.456 e. The van der Waals surface area contributed by atoms with Crippen LogP contribution in [0.1, 0.15) is 57.2 Å². The topological polar surface area (TPSA) is 34.5 Å². The summed E-state index contributed by atoms with van der Waals surface area (Å²) in [5.41, 5.74) is 19.2. The first-order chi connectivity index (χ1) is 28.7. The zero-order valence-corrected chi connectivity index (χ0v) is 34.5. The summed E-state index contributed by atoms with van der Waals surface area (Å²) in [5, 5.41) is 7.22. The molecule has 282 valence electrons. The van der Waals surface area contributed by atoms with Gasteiger partial charge in [-0.1, -0.05) is 107 Å². The number of benzene rings is 7. The number of para-hydroxylation sites is 3. The molecular weight excluding hydrogens is 739 g/mol.